The molecule has 0 aliphatic carbocycles. The van der Waals surface area contributed by atoms with E-state index < -0.39 is 0 Å². The van der Waals surface area contributed by atoms with Crippen LogP contribution in [0.25, 0.3) is 0 Å². The van der Waals surface area contributed by atoms with Crippen LogP contribution in [0.2, 0.25) is 0 Å². The minimum Gasteiger partial charge on any atom is -0.370 e. The van der Waals surface area contributed by atoms with Crippen molar-refractivity contribution in [2.24, 2.45) is 0 Å². The van der Waals surface area contributed by atoms with Gasteiger partial charge >= 0.3 is 0 Å². The molecule has 1 saturated heterocycles. The van der Waals surface area contributed by atoms with Crippen LogP contribution in [-0.4, -0.2) is 37.5 Å². The fourth-order valence-corrected chi connectivity index (χ4v) is 3.97. The predicted molar refractivity (Wildman–Crippen MR) is 111 cm³/mol. The van der Waals surface area contributed by atoms with Gasteiger partial charge in [-0.2, -0.15) is 0 Å². The van der Waals surface area contributed by atoms with Gasteiger partial charge in [-0.1, -0.05) is 42.5 Å². The maximum atomic E-state index is 5.57. The van der Waals surface area contributed by atoms with E-state index >= 15 is 0 Å². The molecule has 0 bridgehead atoms. The highest BCUT2D eigenvalue weighted by molar-refractivity contribution is 7.80. The summed E-state index contributed by atoms with van der Waals surface area (Å²) < 4.78 is 5.56. The number of anilines is 1. The Balaban J connectivity index is 1.70. The zero-order valence-electron chi connectivity index (χ0n) is 15.5. The summed E-state index contributed by atoms with van der Waals surface area (Å²) >= 11 is 5.57. The lowest BCUT2D eigenvalue weighted by molar-refractivity contribution is -0.940. The normalized spacial score (nSPS) is 17.3. The maximum absolute atomic E-state index is 5.57. The molecular weight excluding hydrogens is 342 g/mol. The summed E-state index contributed by atoms with van der Waals surface area (Å²) in [6.07, 6.45) is 0. The molecule has 1 aliphatic heterocycles. The minimum absolute atomic E-state index is 0.204. The first-order valence-corrected chi connectivity index (χ1v) is 9.66. The van der Waals surface area contributed by atoms with Gasteiger partial charge in [0.05, 0.1) is 19.3 Å². The van der Waals surface area contributed by atoms with E-state index in [-0.39, 0.29) is 6.04 Å². The molecule has 5 heteroatoms. The summed E-state index contributed by atoms with van der Waals surface area (Å²) in [5, 5.41) is 7.48. The molecule has 0 saturated carbocycles. The Morgan fingerprint density at radius 2 is 1.81 bits per heavy atom. The van der Waals surface area contributed by atoms with Crippen LogP contribution in [0.15, 0.2) is 54.6 Å². The van der Waals surface area contributed by atoms with Crippen molar-refractivity contribution in [3.05, 3.63) is 65.7 Å². The highest BCUT2D eigenvalue weighted by Gasteiger charge is 2.31. The van der Waals surface area contributed by atoms with Gasteiger partial charge in [0.2, 0.25) is 0 Å². The SMILES string of the molecule is Cc1cccc(NC(=S)N[C@@H](C)[C@H](c2ccccc2)[NH+]2CCOCC2)c1. The lowest BCUT2D eigenvalue weighted by Crippen LogP contribution is -3.15. The molecule has 0 radical (unpaired) electrons. The molecule has 0 amide bonds. The van der Waals surface area contributed by atoms with Gasteiger partial charge in [-0.3, -0.25) is 0 Å². The van der Waals surface area contributed by atoms with Crippen molar-refractivity contribution < 1.29 is 9.64 Å². The zero-order chi connectivity index (χ0) is 18.4. The molecule has 1 heterocycles. The quantitative estimate of drug-likeness (QED) is 0.707. The van der Waals surface area contributed by atoms with Crippen molar-refractivity contribution in [3.8, 4) is 0 Å². The fraction of sp³-hybridized carbons (Fsp3) is 0.381. The van der Waals surface area contributed by atoms with Crippen LogP contribution in [-0.2, 0) is 4.74 Å². The molecule has 1 fully saturated rings. The van der Waals surface area contributed by atoms with Crippen molar-refractivity contribution in [1.82, 2.24) is 5.32 Å². The van der Waals surface area contributed by atoms with Gasteiger partial charge in [-0.25, -0.2) is 0 Å². The molecular formula is C21H28N3OS+. The lowest BCUT2D eigenvalue weighted by Gasteiger charge is -2.35. The third kappa shape index (κ3) is 5.04. The van der Waals surface area contributed by atoms with Crippen LogP contribution < -0.4 is 15.5 Å². The Hall–Kier alpha value is -1.95. The molecule has 26 heavy (non-hydrogen) atoms. The number of morpholine rings is 1. The van der Waals surface area contributed by atoms with Crippen molar-refractivity contribution in [2.45, 2.75) is 25.9 Å². The average molecular weight is 371 g/mol. The third-order valence-corrected chi connectivity index (χ3v) is 5.09. The van der Waals surface area contributed by atoms with E-state index in [0.717, 1.165) is 32.0 Å². The second kappa shape index (κ2) is 9.12. The van der Waals surface area contributed by atoms with Crippen molar-refractivity contribution >= 4 is 23.0 Å². The fourth-order valence-electron chi connectivity index (χ4n) is 3.66. The van der Waals surface area contributed by atoms with Gasteiger partial charge in [0.15, 0.2) is 5.11 Å². The van der Waals surface area contributed by atoms with E-state index in [9.17, 15) is 0 Å². The monoisotopic (exact) mass is 370 g/mol. The molecule has 4 nitrogen and oxygen atoms in total. The van der Waals surface area contributed by atoms with Crippen LogP contribution >= 0.6 is 12.2 Å². The van der Waals surface area contributed by atoms with E-state index in [1.54, 1.807) is 4.90 Å². The summed E-state index contributed by atoms with van der Waals surface area (Å²) in [4.78, 5) is 1.54. The minimum atomic E-state index is 0.204. The first kappa shape index (κ1) is 18.8. The van der Waals surface area contributed by atoms with Crippen LogP contribution in [0.4, 0.5) is 5.69 Å². The van der Waals surface area contributed by atoms with Crippen LogP contribution in [0.3, 0.4) is 0 Å². The molecule has 3 rings (SSSR count). The van der Waals surface area contributed by atoms with E-state index in [1.165, 1.54) is 11.1 Å². The van der Waals surface area contributed by atoms with E-state index in [4.69, 9.17) is 17.0 Å². The highest BCUT2D eigenvalue weighted by Crippen LogP contribution is 2.15. The Kier molecular flexibility index (Phi) is 6.61. The zero-order valence-corrected chi connectivity index (χ0v) is 16.3. The molecule has 3 N–H and O–H groups in total. The molecule has 2 aromatic carbocycles. The van der Waals surface area contributed by atoms with Gasteiger partial charge in [0, 0.05) is 11.3 Å². The van der Waals surface area contributed by atoms with E-state index in [1.807, 2.05) is 12.1 Å². The number of benzene rings is 2. The van der Waals surface area contributed by atoms with E-state index in [0.29, 0.717) is 11.2 Å². The summed E-state index contributed by atoms with van der Waals surface area (Å²) in [7, 11) is 0. The number of hydrogen-bond donors (Lipinski definition) is 3. The molecule has 138 valence electrons. The van der Waals surface area contributed by atoms with Crippen molar-refractivity contribution in [3.63, 3.8) is 0 Å². The topological polar surface area (TPSA) is 37.7 Å². The first-order valence-electron chi connectivity index (χ1n) is 9.25. The number of quaternary nitrogens is 1. The second-order valence-corrected chi connectivity index (χ2v) is 7.32. The number of rotatable bonds is 5. The average Bonchev–Trinajstić information content (AvgIpc) is 2.63. The summed E-state index contributed by atoms with van der Waals surface area (Å²) in [5.74, 6) is 0. The van der Waals surface area contributed by atoms with Gasteiger partial charge in [0.25, 0.3) is 0 Å². The largest absolute Gasteiger partial charge is 0.370 e. The number of ether oxygens (including phenoxy) is 1. The van der Waals surface area contributed by atoms with E-state index in [2.05, 4.69) is 66.9 Å². The summed E-state index contributed by atoms with van der Waals surface area (Å²) in [6, 6.07) is 19.5. The predicted octanol–water partition coefficient (Wildman–Crippen LogP) is 2.33. The van der Waals surface area contributed by atoms with Gasteiger partial charge in [-0.05, 0) is 43.8 Å². The standard InChI is InChI=1S/C21H27N3OS/c1-16-7-6-10-19(15-16)23-21(26)22-17(2)20(18-8-4-3-5-9-18)24-11-13-25-14-12-24/h3-10,15,17,20H,11-14H2,1-2H3,(H2,22,23,26)/p+1/t17-,20+/m0/s1. The van der Waals surface area contributed by atoms with Crippen molar-refractivity contribution in [1.29, 1.82) is 0 Å². The first-order chi connectivity index (χ1) is 12.6. The Morgan fingerprint density at radius 1 is 1.08 bits per heavy atom. The highest BCUT2D eigenvalue weighted by atomic mass is 32.1. The molecule has 2 atom stereocenters. The lowest BCUT2D eigenvalue weighted by atomic mass is 9.98. The number of hydrogen-bond acceptors (Lipinski definition) is 2. The molecule has 0 aromatic heterocycles. The molecule has 0 unspecified atom stereocenters. The number of nitrogens with one attached hydrogen (secondary N) is 3. The molecule has 0 spiro atoms. The Labute approximate surface area is 161 Å². The maximum Gasteiger partial charge on any atom is 0.171 e. The summed E-state index contributed by atoms with van der Waals surface area (Å²) in [6.45, 7) is 7.96. The third-order valence-electron chi connectivity index (χ3n) is 4.87. The van der Waals surface area contributed by atoms with Crippen molar-refractivity contribution in [2.75, 3.05) is 31.6 Å². The molecule has 2 aromatic rings. The van der Waals surface area contributed by atoms with Gasteiger partial charge in [-0.15, -0.1) is 0 Å². The smallest absolute Gasteiger partial charge is 0.171 e. The number of aryl methyl sites for hydroxylation is 1. The number of thiocarbonyl (C=S) groups is 1. The van der Waals surface area contributed by atoms with Crippen LogP contribution in [0.1, 0.15) is 24.1 Å². The Morgan fingerprint density at radius 3 is 2.50 bits per heavy atom. The van der Waals surface area contributed by atoms with Crippen LogP contribution in [0.5, 0.6) is 0 Å². The Bertz CT molecular complexity index is 716. The molecule has 1 aliphatic rings. The second-order valence-electron chi connectivity index (χ2n) is 6.92. The summed E-state index contributed by atoms with van der Waals surface area (Å²) in [5.41, 5.74) is 3.57. The van der Waals surface area contributed by atoms with Gasteiger partial charge < -0.3 is 20.3 Å². The van der Waals surface area contributed by atoms with Gasteiger partial charge in [0.1, 0.15) is 19.1 Å². The van der Waals surface area contributed by atoms with Crippen LogP contribution in [0, 0.1) is 6.92 Å².